The van der Waals surface area contributed by atoms with E-state index in [9.17, 15) is 4.79 Å². The van der Waals surface area contributed by atoms with Gasteiger partial charge in [-0.05, 0) is 17.7 Å². The van der Waals surface area contributed by atoms with Gasteiger partial charge in [-0.1, -0.05) is 48.5 Å². The van der Waals surface area contributed by atoms with Crippen molar-refractivity contribution < 1.29 is 9.53 Å². The summed E-state index contributed by atoms with van der Waals surface area (Å²) in [4.78, 5) is 14.6. The number of nitrogens with one attached hydrogen (secondary N) is 1. The highest BCUT2D eigenvalue weighted by atomic mass is 16.5. The van der Waals surface area contributed by atoms with Crippen molar-refractivity contribution in [2.75, 3.05) is 31.7 Å². The first-order valence-corrected chi connectivity index (χ1v) is 8.52. The van der Waals surface area contributed by atoms with Gasteiger partial charge in [0.05, 0.1) is 24.9 Å². The van der Waals surface area contributed by atoms with Gasteiger partial charge in [-0.25, -0.2) is 0 Å². The Hall–Kier alpha value is -2.50. The third kappa shape index (κ3) is 4.53. The molecule has 130 valence electrons. The van der Waals surface area contributed by atoms with Gasteiger partial charge in [-0.15, -0.1) is 0 Å². The number of ether oxygens (including phenoxy) is 1. The zero-order chi connectivity index (χ0) is 17.5. The van der Waals surface area contributed by atoms with Gasteiger partial charge >= 0.3 is 0 Å². The molecule has 1 saturated heterocycles. The van der Waals surface area contributed by atoms with Crippen LogP contribution >= 0.6 is 0 Å². The van der Waals surface area contributed by atoms with Gasteiger partial charge in [0, 0.05) is 20.0 Å². The van der Waals surface area contributed by atoms with E-state index >= 15 is 0 Å². The highest BCUT2D eigenvalue weighted by Gasteiger charge is 2.29. The number of rotatable bonds is 6. The predicted molar refractivity (Wildman–Crippen MR) is 99.8 cm³/mol. The Morgan fingerprint density at radius 2 is 1.64 bits per heavy atom. The third-order valence-corrected chi connectivity index (χ3v) is 4.23. The van der Waals surface area contributed by atoms with Gasteiger partial charge in [-0.2, -0.15) is 5.10 Å². The molecule has 1 aliphatic rings. The molecule has 5 nitrogen and oxygen atoms in total. The number of hydrogen-bond acceptors (Lipinski definition) is 5. The lowest BCUT2D eigenvalue weighted by Crippen LogP contribution is -2.44. The summed E-state index contributed by atoms with van der Waals surface area (Å²) in [6, 6.07) is 19.5. The smallest absolute Gasteiger partial charge is 0.177 e. The third-order valence-electron chi connectivity index (χ3n) is 4.23. The summed E-state index contributed by atoms with van der Waals surface area (Å²) in [7, 11) is 0. The van der Waals surface area contributed by atoms with Crippen molar-refractivity contribution in [3.63, 3.8) is 0 Å². The van der Waals surface area contributed by atoms with Gasteiger partial charge in [0.15, 0.2) is 5.78 Å². The van der Waals surface area contributed by atoms with Crippen molar-refractivity contribution in [3.8, 4) is 0 Å². The minimum absolute atomic E-state index is 0.0382. The fourth-order valence-electron chi connectivity index (χ4n) is 2.98. The Kier molecular flexibility index (Phi) is 5.93. The van der Waals surface area contributed by atoms with Crippen LogP contribution in [-0.4, -0.2) is 42.7 Å². The number of anilines is 1. The summed E-state index contributed by atoms with van der Waals surface area (Å²) in [6.45, 7) is 4.46. The summed E-state index contributed by atoms with van der Waals surface area (Å²) in [6.07, 6.45) is 0. The predicted octanol–water partition coefficient (Wildman–Crippen LogP) is 3.12. The first-order chi connectivity index (χ1) is 12.3. The molecule has 0 amide bonds. The molecular weight excluding hydrogens is 314 g/mol. The van der Waals surface area contributed by atoms with E-state index in [2.05, 4.69) is 15.4 Å². The van der Waals surface area contributed by atoms with Crippen LogP contribution in [0.4, 0.5) is 5.69 Å². The van der Waals surface area contributed by atoms with Crippen LogP contribution in [0.2, 0.25) is 0 Å². The maximum absolute atomic E-state index is 12.4. The Morgan fingerprint density at radius 1 is 1.04 bits per heavy atom. The lowest BCUT2D eigenvalue weighted by molar-refractivity contribution is -0.111. The molecule has 0 spiro atoms. The highest BCUT2D eigenvalue weighted by Crippen LogP contribution is 2.24. The average Bonchev–Trinajstić information content (AvgIpc) is 2.67. The summed E-state index contributed by atoms with van der Waals surface area (Å²) in [5.74, 6) is -0.0382. The van der Waals surface area contributed by atoms with Crippen molar-refractivity contribution in [1.29, 1.82) is 0 Å². The van der Waals surface area contributed by atoms with Crippen LogP contribution in [0.1, 0.15) is 18.5 Å². The second kappa shape index (κ2) is 8.55. The molecular formula is C20H23N3O2. The van der Waals surface area contributed by atoms with Gasteiger partial charge in [0.1, 0.15) is 5.71 Å². The number of nitrogens with zero attached hydrogens (tertiary/aromatic N) is 2. The summed E-state index contributed by atoms with van der Waals surface area (Å²) in [5, 5.41) is 4.48. The maximum atomic E-state index is 12.4. The standard InChI is InChI=1S/C20H23N3O2/c1-16(24)19(22-21-18-10-6-3-7-11-18)20(17-8-4-2-5-9-17)23-12-14-25-15-13-23/h2-11,20-21H,12-15H2,1H3/t20-/m0/s1. The molecule has 1 aliphatic heterocycles. The minimum Gasteiger partial charge on any atom is -0.379 e. The number of carbonyl (C=O) groups is 1. The van der Waals surface area contributed by atoms with E-state index in [4.69, 9.17) is 4.74 Å². The number of para-hydroxylation sites is 1. The molecule has 1 heterocycles. The lowest BCUT2D eigenvalue weighted by Gasteiger charge is -2.34. The van der Waals surface area contributed by atoms with Crippen LogP contribution in [0, 0.1) is 0 Å². The number of hydrazone groups is 1. The zero-order valence-electron chi connectivity index (χ0n) is 14.4. The summed E-state index contributed by atoms with van der Waals surface area (Å²) < 4.78 is 5.47. The number of carbonyl (C=O) groups excluding carboxylic acids is 1. The molecule has 25 heavy (non-hydrogen) atoms. The fourth-order valence-corrected chi connectivity index (χ4v) is 2.98. The number of morpholine rings is 1. The van der Waals surface area contributed by atoms with Crippen LogP contribution in [0.3, 0.4) is 0 Å². The SMILES string of the molecule is CC(=O)C(=NNc1ccccc1)[C@H](c1ccccc1)N1CCOCC1. The Morgan fingerprint density at radius 3 is 2.24 bits per heavy atom. The van der Waals surface area contributed by atoms with Gasteiger partial charge in [-0.3, -0.25) is 15.1 Å². The van der Waals surface area contributed by atoms with Crippen LogP contribution in [0.25, 0.3) is 0 Å². The van der Waals surface area contributed by atoms with Gasteiger partial charge in [0.2, 0.25) is 0 Å². The van der Waals surface area contributed by atoms with Crippen LogP contribution in [0.5, 0.6) is 0 Å². The van der Waals surface area contributed by atoms with Crippen molar-refractivity contribution in [2.45, 2.75) is 13.0 Å². The van der Waals surface area contributed by atoms with Crippen LogP contribution in [-0.2, 0) is 9.53 Å². The largest absolute Gasteiger partial charge is 0.379 e. The van der Waals surface area contributed by atoms with Crippen LogP contribution in [0.15, 0.2) is 65.8 Å². The number of benzene rings is 2. The van der Waals surface area contributed by atoms with E-state index in [0.29, 0.717) is 18.9 Å². The fraction of sp³-hybridized carbons (Fsp3) is 0.300. The molecule has 2 aromatic carbocycles. The van der Waals surface area contributed by atoms with Crippen molar-refractivity contribution >= 4 is 17.2 Å². The van der Waals surface area contributed by atoms with Crippen molar-refractivity contribution in [1.82, 2.24) is 4.90 Å². The van der Waals surface area contributed by atoms with E-state index in [1.165, 1.54) is 0 Å². The molecule has 0 unspecified atom stereocenters. The van der Waals surface area contributed by atoms with Crippen molar-refractivity contribution in [2.24, 2.45) is 5.10 Å². The number of Topliss-reactive ketones (excluding diaryl/α,β-unsaturated/α-hetero) is 1. The Balaban J connectivity index is 1.93. The normalized spacial score (nSPS) is 17.1. The van der Waals surface area contributed by atoms with E-state index in [1.807, 2.05) is 60.7 Å². The molecule has 5 heteroatoms. The molecule has 1 N–H and O–H groups in total. The van der Waals surface area contributed by atoms with Gasteiger partial charge in [0.25, 0.3) is 0 Å². The molecule has 0 aliphatic carbocycles. The summed E-state index contributed by atoms with van der Waals surface area (Å²) >= 11 is 0. The monoisotopic (exact) mass is 337 g/mol. The molecule has 3 rings (SSSR count). The second-order valence-corrected chi connectivity index (χ2v) is 5.99. The Labute approximate surface area is 148 Å². The molecule has 0 saturated carbocycles. The highest BCUT2D eigenvalue weighted by molar-refractivity contribution is 6.41. The molecule has 1 atom stereocenters. The molecule has 0 bridgehead atoms. The Bertz CT molecular complexity index is 710. The first kappa shape index (κ1) is 17.3. The molecule has 0 radical (unpaired) electrons. The quantitative estimate of drug-likeness (QED) is 0.650. The molecule has 0 aromatic heterocycles. The van der Waals surface area contributed by atoms with E-state index < -0.39 is 0 Å². The topological polar surface area (TPSA) is 53.9 Å². The van der Waals surface area contributed by atoms with Crippen LogP contribution < -0.4 is 5.43 Å². The lowest BCUT2D eigenvalue weighted by atomic mass is 9.97. The van der Waals surface area contributed by atoms with Gasteiger partial charge < -0.3 is 4.74 Å². The number of hydrogen-bond donors (Lipinski definition) is 1. The summed E-state index contributed by atoms with van der Waals surface area (Å²) in [5.41, 5.74) is 5.46. The maximum Gasteiger partial charge on any atom is 0.177 e. The van der Waals surface area contributed by atoms with E-state index in [0.717, 1.165) is 24.3 Å². The number of ketones is 1. The minimum atomic E-state index is -0.182. The second-order valence-electron chi connectivity index (χ2n) is 5.99. The molecule has 1 fully saturated rings. The molecule has 2 aromatic rings. The zero-order valence-corrected chi connectivity index (χ0v) is 14.4. The van der Waals surface area contributed by atoms with E-state index in [-0.39, 0.29) is 11.8 Å². The van der Waals surface area contributed by atoms with E-state index in [1.54, 1.807) is 6.92 Å². The average molecular weight is 337 g/mol. The first-order valence-electron chi connectivity index (χ1n) is 8.52. The van der Waals surface area contributed by atoms with Crippen molar-refractivity contribution in [3.05, 3.63) is 66.2 Å².